The summed E-state index contributed by atoms with van der Waals surface area (Å²) in [5, 5.41) is 21.5. The lowest BCUT2D eigenvalue weighted by Crippen LogP contribution is -2.31. The molecule has 0 aliphatic carbocycles. The third-order valence-electron chi connectivity index (χ3n) is 6.23. The van der Waals surface area contributed by atoms with Gasteiger partial charge in [0.1, 0.15) is 11.3 Å². The highest BCUT2D eigenvalue weighted by Crippen LogP contribution is 2.44. The molecule has 0 spiro atoms. The highest BCUT2D eigenvalue weighted by Gasteiger charge is 2.37. The minimum Gasteiger partial charge on any atom is -0.505 e. The van der Waals surface area contributed by atoms with E-state index in [2.05, 4.69) is 4.98 Å². The number of anilines is 1. The number of hydrogen-bond donors (Lipinski definition) is 2. The topological polar surface area (TPSA) is 111 Å². The van der Waals surface area contributed by atoms with Crippen LogP contribution in [0.3, 0.4) is 0 Å². The molecule has 0 saturated carbocycles. The molecule has 186 valence electrons. The number of benzene rings is 2. The fourth-order valence-corrected chi connectivity index (χ4v) is 4.81. The predicted octanol–water partition coefficient (Wildman–Crippen LogP) is 3.18. The monoisotopic (exact) mass is 501 g/mol. The molecule has 0 unspecified atom stereocenters. The summed E-state index contributed by atoms with van der Waals surface area (Å²) in [6, 6.07) is 7.77. The van der Waals surface area contributed by atoms with Gasteiger partial charge in [0.05, 0.1) is 23.1 Å². The molecule has 1 aliphatic rings. The van der Waals surface area contributed by atoms with E-state index >= 15 is 0 Å². The van der Waals surface area contributed by atoms with E-state index in [1.165, 1.54) is 24.1 Å². The fraction of sp³-hybridized carbons (Fsp3) is 0.360. The number of pyridine rings is 1. The van der Waals surface area contributed by atoms with Crippen molar-refractivity contribution in [2.45, 2.75) is 38.8 Å². The largest absolute Gasteiger partial charge is 0.505 e. The minimum absolute atomic E-state index is 0.0255. The van der Waals surface area contributed by atoms with Gasteiger partial charge < -0.3 is 15.1 Å². The van der Waals surface area contributed by atoms with E-state index in [0.717, 1.165) is 21.7 Å². The number of nitrogens with zero attached hydrogens (tertiary/aromatic N) is 3. The Hall–Kier alpha value is -3.24. The number of aromatic hydroxyl groups is 1. The molecule has 1 aliphatic heterocycles. The van der Waals surface area contributed by atoms with Crippen LogP contribution in [0.25, 0.3) is 10.9 Å². The average molecular weight is 502 g/mol. The Morgan fingerprint density at radius 3 is 2.46 bits per heavy atom. The molecule has 1 amide bonds. The number of phenols is 1. The Labute approximate surface area is 203 Å². The molecule has 3 aromatic rings. The number of aliphatic hydroxyl groups is 1. The predicted molar refractivity (Wildman–Crippen MR) is 132 cm³/mol. The number of amides is 1. The first-order valence-electron chi connectivity index (χ1n) is 11.1. The lowest BCUT2D eigenvalue weighted by Gasteiger charge is -2.23. The minimum atomic E-state index is -3.72. The zero-order valence-corrected chi connectivity index (χ0v) is 20.9. The second kappa shape index (κ2) is 8.76. The van der Waals surface area contributed by atoms with Gasteiger partial charge in [-0.2, -0.15) is 0 Å². The molecular weight excluding hydrogens is 473 g/mol. The van der Waals surface area contributed by atoms with E-state index in [-0.39, 0.29) is 41.4 Å². The molecular formula is C25H28FN3O5S. The van der Waals surface area contributed by atoms with E-state index < -0.39 is 21.5 Å². The van der Waals surface area contributed by atoms with Crippen LogP contribution in [0.15, 0.2) is 36.5 Å². The van der Waals surface area contributed by atoms with Crippen LogP contribution in [0.5, 0.6) is 5.75 Å². The summed E-state index contributed by atoms with van der Waals surface area (Å²) >= 11 is 0. The molecule has 0 fully saturated rings. The summed E-state index contributed by atoms with van der Waals surface area (Å²) in [5.41, 5.74) is 1.39. The smallest absolute Gasteiger partial charge is 0.258 e. The third-order valence-corrected chi connectivity index (χ3v) is 7.40. The third kappa shape index (κ3) is 4.94. The van der Waals surface area contributed by atoms with E-state index in [1.807, 2.05) is 0 Å². The average Bonchev–Trinajstić information content (AvgIpc) is 3.09. The van der Waals surface area contributed by atoms with E-state index in [9.17, 15) is 27.8 Å². The first kappa shape index (κ1) is 24.9. The Balaban J connectivity index is 1.87. The number of aromatic nitrogens is 1. The number of carbonyl (C=O) groups excluding carboxylic acids is 1. The van der Waals surface area contributed by atoms with Gasteiger partial charge in [0.15, 0.2) is 5.75 Å². The zero-order chi connectivity index (χ0) is 25.7. The first-order chi connectivity index (χ1) is 16.3. The highest BCUT2D eigenvalue weighted by molar-refractivity contribution is 7.92. The first-order valence-corrected chi connectivity index (χ1v) is 13.0. The van der Waals surface area contributed by atoms with Crippen molar-refractivity contribution >= 4 is 32.5 Å². The molecule has 0 atom stereocenters. The molecule has 35 heavy (non-hydrogen) atoms. The van der Waals surface area contributed by atoms with E-state index in [1.54, 1.807) is 38.2 Å². The van der Waals surface area contributed by atoms with Crippen molar-refractivity contribution in [1.29, 1.82) is 0 Å². The van der Waals surface area contributed by atoms with Crippen LogP contribution in [-0.2, 0) is 23.0 Å². The van der Waals surface area contributed by atoms with Gasteiger partial charge in [-0.25, -0.2) is 12.8 Å². The number of halogens is 1. The summed E-state index contributed by atoms with van der Waals surface area (Å²) in [5.74, 6) is -1.09. The summed E-state index contributed by atoms with van der Waals surface area (Å²) in [7, 11) is -2.32. The van der Waals surface area contributed by atoms with Crippen LogP contribution in [0.4, 0.5) is 10.1 Å². The lowest BCUT2D eigenvalue weighted by molar-refractivity contribution is 0.0516. The lowest BCUT2D eigenvalue weighted by atomic mass is 9.98. The van der Waals surface area contributed by atoms with Gasteiger partial charge in [-0.3, -0.25) is 14.1 Å². The Morgan fingerprint density at radius 2 is 1.86 bits per heavy atom. The van der Waals surface area contributed by atoms with Gasteiger partial charge >= 0.3 is 0 Å². The number of rotatable bonds is 7. The molecule has 2 heterocycles. The Kier molecular flexibility index (Phi) is 6.23. The molecule has 2 aromatic carbocycles. The number of phenolic OH excluding ortho intramolecular Hbond substituents is 1. The Morgan fingerprint density at radius 1 is 1.20 bits per heavy atom. The highest BCUT2D eigenvalue weighted by atomic mass is 32.2. The molecule has 1 aromatic heterocycles. The maximum absolute atomic E-state index is 13.3. The summed E-state index contributed by atoms with van der Waals surface area (Å²) in [6.07, 6.45) is 3.34. The van der Waals surface area contributed by atoms with E-state index in [0.29, 0.717) is 23.8 Å². The van der Waals surface area contributed by atoms with Crippen LogP contribution >= 0.6 is 0 Å². The molecule has 0 bridgehead atoms. The maximum atomic E-state index is 13.3. The van der Waals surface area contributed by atoms with Crippen molar-refractivity contribution in [3.05, 3.63) is 64.6 Å². The van der Waals surface area contributed by atoms with Crippen LogP contribution in [0, 0.1) is 5.82 Å². The van der Waals surface area contributed by atoms with Gasteiger partial charge in [0.25, 0.3) is 5.91 Å². The quantitative estimate of drug-likeness (QED) is 0.515. The van der Waals surface area contributed by atoms with Crippen LogP contribution in [0.2, 0.25) is 0 Å². The fourth-order valence-electron chi connectivity index (χ4n) is 4.27. The van der Waals surface area contributed by atoms with Crippen molar-refractivity contribution in [3.63, 3.8) is 0 Å². The molecule has 8 nitrogen and oxygen atoms in total. The summed E-state index contributed by atoms with van der Waals surface area (Å²) < 4.78 is 39.5. The van der Waals surface area contributed by atoms with Gasteiger partial charge in [0.2, 0.25) is 10.0 Å². The molecule has 2 N–H and O–H groups in total. The standard InChI is InChI=1S/C25H28FN3O5S/c1-25(2,32)9-10-29-14-19-20(24(29)31)23(30)21-18(22(19)28(3)35(4,33)34)12-16(13-27-21)11-15-5-7-17(26)8-6-15/h5-8,12-13,30,32H,9-11,14H2,1-4H3. The van der Waals surface area contributed by atoms with Gasteiger partial charge in [0, 0.05) is 37.3 Å². The number of carbonyl (C=O) groups is 1. The maximum Gasteiger partial charge on any atom is 0.258 e. The van der Waals surface area contributed by atoms with Gasteiger partial charge in [-0.05, 0) is 56.0 Å². The van der Waals surface area contributed by atoms with Gasteiger partial charge in [-0.15, -0.1) is 0 Å². The van der Waals surface area contributed by atoms with Crippen molar-refractivity contribution in [2.24, 2.45) is 0 Å². The van der Waals surface area contributed by atoms with Crippen LogP contribution < -0.4 is 4.31 Å². The molecule has 4 rings (SSSR count). The normalized spacial score (nSPS) is 14.0. The number of hydrogen-bond acceptors (Lipinski definition) is 6. The van der Waals surface area contributed by atoms with Crippen molar-refractivity contribution < 1.29 is 27.8 Å². The second-order valence-electron chi connectivity index (χ2n) is 9.61. The van der Waals surface area contributed by atoms with Crippen LogP contribution in [-0.4, -0.2) is 59.9 Å². The summed E-state index contributed by atoms with van der Waals surface area (Å²) in [6.45, 7) is 3.60. The van der Waals surface area contributed by atoms with Crippen LogP contribution in [0.1, 0.15) is 47.3 Å². The Bertz CT molecular complexity index is 1420. The SMILES string of the molecule is CN(c1c2c(c(O)c3ncc(Cc4ccc(F)cc4)cc13)C(=O)N(CCC(C)(C)O)C2)S(C)(=O)=O. The van der Waals surface area contributed by atoms with Crippen molar-refractivity contribution in [3.8, 4) is 5.75 Å². The summed E-state index contributed by atoms with van der Waals surface area (Å²) in [4.78, 5) is 19.1. The number of sulfonamides is 1. The molecule has 10 heteroatoms. The zero-order valence-electron chi connectivity index (χ0n) is 20.0. The van der Waals surface area contributed by atoms with Crippen molar-refractivity contribution in [1.82, 2.24) is 9.88 Å². The van der Waals surface area contributed by atoms with Crippen molar-refractivity contribution in [2.75, 3.05) is 24.2 Å². The molecule has 0 saturated heterocycles. The molecule has 0 radical (unpaired) electrons. The van der Waals surface area contributed by atoms with E-state index in [4.69, 9.17) is 0 Å². The number of fused-ring (bicyclic) bond motifs is 2. The van der Waals surface area contributed by atoms with Gasteiger partial charge in [-0.1, -0.05) is 12.1 Å². The second-order valence-corrected chi connectivity index (χ2v) is 11.6.